The van der Waals surface area contributed by atoms with E-state index in [1.165, 1.54) is 63.6 Å². The highest BCUT2D eigenvalue weighted by molar-refractivity contribution is 5.78. The molecule has 1 saturated carbocycles. The number of ether oxygens (including phenoxy) is 5. The number of carbonyl (C=O) groups excluding carboxylic acids is 1. The molecule has 2 unspecified atom stereocenters. The minimum atomic E-state index is 0. The maximum absolute atomic E-state index is 10.7. The predicted octanol–water partition coefficient (Wildman–Crippen LogP) is 7.54. The van der Waals surface area contributed by atoms with Crippen LogP contribution in [0.2, 0.25) is 0 Å². The summed E-state index contributed by atoms with van der Waals surface area (Å²) in [6.07, 6.45) is 10.7. The molecule has 0 spiro atoms. The molecular weight excluding hydrogens is 580 g/mol. The van der Waals surface area contributed by atoms with Crippen LogP contribution >= 0.6 is 0 Å². The van der Waals surface area contributed by atoms with Crippen molar-refractivity contribution in [3.8, 4) is 0 Å². The normalized spacial score (nSPS) is 22.5. The molecule has 0 aromatic heterocycles. The van der Waals surface area contributed by atoms with E-state index >= 15 is 0 Å². The number of amides is 1. The highest BCUT2D eigenvalue weighted by Crippen LogP contribution is 2.29. The van der Waals surface area contributed by atoms with Crippen LogP contribution in [0.1, 0.15) is 114 Å². The summed E-state index contributed by atoms with van der Waals surface area (Å²) in [6.45, 7) is 29.2. The second kappa shape index (κ2) is 26.9. The number of nitrogens with one attached hydrogen (secondary N) is 1. The Labute approximate surface area is 285 Å². The van der Waals surface area contributed by atoms with Gasteiger partial charge < -0.3 is 33.9 Å². The molecule has 0 radical (unpaired) electrons. The van der Waals surface area contributed by atoms with Crippen molar-refractivity contribution in [2.24, 2.45) is 23.7 Å². The fourth-order valence-electron chi connectivity index (χ4n) is 5.40. The van der Waals surface area contributed by atoms with E-state index in [0.29, 0.717) is 37.3 Å². The molecule has 4 fully saturated rings. The Morgan fingerprint density at radius 3 is 1.52 bits per heavy atom. The van der Waals surface area contributed by atoms with E-state index in [2.05, 4.69) is 65.4 Å². The summed E-state index contributed by atoms with van der Waals surface area (Å²) >= 11 is 0. The number of hydrogen-bond donors (Lipinski definition) is 1. The van der Waals surface area contributed by atoms with Gasteiger partial charge in [-0.15, -0.1) is 0 Å². The van der Waals surface area contributed by atoms with Gasteiger partial charge in [-0.2, -0.15) is 0 Å². The standard InChI is InChI=1S/C10H21NO.C10H18O.C9H18O2.C8H15NO2.CH4/c1-9(2)12-8-10-4-6-11(3)7-5-10;1-8(2)11-7-10-5-4-9(3)6-10;1-8(2)11-7-9-3-5-10-6-4-9;1-6(2)11-5-7-3-8(10)9-4-7;/h9-10H,4-8H2,1-3H3;8,10H,3-7H2,1-2H3;8-9H,3-7H2,1-2H3;6-7H,3-5H2,1-2H3,(H,9,10);1H4. The third-order valence-corrected chi connectivity index (χ3v) is 8.39. The third-order valence-electron chi connectivity index (χ3n) is 8.39. The van der Waals surface area contributed by atoms with Gasteiger partial charge in [0.15, 0.2) is 0 Å². The van der Waals surface area contributed by atoms with Crippen molar-refractivity contribution >= 4 is 5.91 Å². The van der Waals surface area contributed by atoms with Crippen molar-refractivity contribution in [1.82, 2.24) is 10.2 Å². The van der Waals surface area contributed by atoms with Crippen LogP contribution in [-0.2, 0) is 28.5 Å². The molecule has 1 N–H and O–H groups in total. The topological polar surface area (TPSA) is 78.5 Å². The van der Waals surface area contributed by atoms with Gasteiger partial charge in [0.25, 0.3) is 0 Å². The van der Waals surface area contributed by atoms with Gasteiger partial charge in [-0.05, 0) is 138 Å². The zero-order valence-electron chi connectivity index (χ0n) is 30.7. The van der Waals surface area contributed by atoms with Gasteiger partial charge in [0.2, 0.25) is 5.91 Å². The number of piperidine rings is 1. The summed E-state index contributed by atoms with van der Waals surface area (Å²) in [5, 5.41) is 2.77. The molecule has 4 aliphatic rings. The van der Waals surface area contributed by atoms with Gasteiger partial charge in [-0.25, -0.2) is 0 Å². The second-order valence-electron chi connectivity index (χ2n) is 14.6. The van der Waals surface area contributed by atoms with E-state index in [1.807, 2.05) is 13.8 Å². The largest absolute Gasteiger partial charge is 0.381 e. The van der Waals surface area contributed by atoms with Gasteiger partial charge in [0.05, 0.1) is 37.6 Å². The average Bonchev–Trinajstić information content (AvgIpc) is 3.62. The lowest BCUT2D eigenvalue weighted by Crippen LogP contribution is -2.32. The van der Waals surface area contributed by atoms with E-state index in [1.54, 1.807) is 0 Å². The molecule has 8 nitrogen and oxygen atoms in total. The smallest absolute Gasteiger partial charge is 0.220 e. The molecule has 3 aliphatic heterocycles. The number of allylic oxidation sites excluding steroid dienone is 1. The summed E-state index contributed by atoms with van der Waals surface area (Å²) in [4.78, 5) is 13.1. The Kier molecular flexibility index (Phi) is 26.3. The van der Waals surface area contributed by atoms with Crippen LogP contribution < -0.4 is 5.32 Å². The average molecular weight is 657 g/mol. The fraction of sp³-hybridized carbons (Fsp3) is 0.921. The van der Waals surface area contributed by atoms with Crippen LogP contribution in [0, 0.1) is 23.7 Å². The lowest BCUT2D eigenvalue weighted by Gasteiger charge is -2.29. The highest BCUT2D eigenvalue weighted by atomic mass is 16.5. The molecule has 0 bridgehead atoms. The minimum absolute atomic E-state index is 0. The molecule has 2 atom stereocenters. The molecule has 46 heavy (non-hydrogen) atoms. The monoisotopic (exact) mass is 657 g/mol. The molecule has 1 aliphatic carbocycles. The second-order valence-corrected chi connectivity index (χ2v) is 14.6. The zero-order chi connectivity index (χ0) is 33.6. The Morgan fingerprint density at radius 1 is 0.696 bits per heavy atom. The summed E-state index contributed by atoms with van der Waals surface area (Å²) in [5.41, 5.74) is 1.40. The molecule has 3 saturated heterocycles. The first-order valence-corrected chi connectivity index (χ1v) is 18.0. The highest BCUT2D eigenvalue weighted by Gasteiger charge is 2.21. The van der Waals surface area contributed by atoms with Crippen molar-refractivity contribution in [3.05, 3.63) is 12.2 Å². The van der Waals surface area contributed by atoms with E-state index in [0.717, 1.165) is 57.3 Å². The summed E-state index contributed by atoms with van der Waals surface area (Å²) in [5.74, 6) is 2.85. The first-order chi connectivity index (χ1) is 21.3. The Morgan fingerprint density at radius 2 is 1.13 bits per heavy atom. The van der Waals surface area contributed by atoms with Crippen molar-refractivity contribution in [1.29, 1.82) is 0 Å². The third kappa shape index (κ3) is 25.0. The van der Waals surface area contributed by atoms with E-state index in [-0.39, 0.29) is 19.4 Å². The number of likely N-dealkylation sites (tertiary alicyclic amines) is 1. The quantitative estimate of drug-likeness (QED) is 0.218. The maximum atomic E-state index is 10.7. The SMILES string of the molecule is C.C=C1CCC(COC(C)C)C1.CC(C)OCC1CCN(C)CC1.CC(C)OCC1CCOCC1.CC(C)OCC1CNC(=O)C1. The van der Waals surface area contributed by atoms with Gasteiger partial charge >= 0.3 is 0 Å². The summed E-state index contributed by atoms with van der Waals surface area (Å²) in [7, 11) is 2.19. The maximum Gasteiger partial charge on any atom is 0.220 e. The van der Waals surface area contributed by atoms with Gasteiger partial charge in [-0.3, -0.25) is 4.79 Å². The molecule has 8 heteroatoms. The van der Waals surface area contributed by atoms with E-state index < -0.39 is 0 Å². The van der Waals surface area contributed by atoms with Crippen molar-refractivity contribution in [2.75, 3.05) is 66.3 Å². The lowest BCUT2D eigenvalue weighted by atomic mass is 9.98. The number of nitrogens with zero attached hydrogens (tertiary/aromatic N) is 1. The molecule has 3 heterocycles. The molecule has 274 valence electrons. The van der Waals surface area contributed by atoms with Crippen molar-refractivity contribution in [2.45, 2.75) is 139 Å². The Bertz CT molecular complexity index is 711. The summed E-state index contributed by atoms with van der Waals surface area (Å²) < 4.78 is 27.3. The first kappa shape index (κ1) is 45.0. The van der Waals surface area contributed by atoms with Crippen LogP contribution in [-0.4, -0.2) is 102 Å². The molecule has 1 amide bonds. The first-order valence-electron chi connectivity index (χ1n) is 18.0. The van der Waals surface area contributed by atoms with Gasteiger partial charge in [0, 0.05) is 45.3 Å². The van der Waals surface area contributed by atoms with Crippen molar-refractivity contribution < 1.29 is 28.5 Å². The van der Waals surface area contributed by atoms with Crippen LogP contribution in [0.25, 0.3) is 0 Å². The molecule has 4 rings (SSSR count). The van der Waals surface area contributed by atoms with Gasteiger partial charge in [-0.1, -0.05) is 19.6 Å². The molecular formula is C38H76N2O6. The van der Waals surface area contributed by atoms with Gasteiger partial charge in [0.1, 0.15) is 0 Å². The number of hydrogen-bond acceptors (Lipinski definition) is 7. The van der Waals surface area contributed by atoms with Crippen LogP contribution in [0.15, 0.2) is 12.2 Å². The molecule has 0 aromatic rings. The van der Waals surface area contributed by atoms with E-state index in [4.69, 9.17) is 23.7 Å². The van der Waals surface area contributed by atoms with Crippen molar-refractivity contribution in [3.63, 3.8) is 0 Å². The Balaban J connectivity index is 0.000000583. The number of carbonyl (C=O) groups is 1. The van der Waals surface area contributed by atoms with Crippen LogP contribution in [0.4, 0.5) is 0 Å². The summed E-state index contributed by atoms with van der Waals surface area (Å²) in [6, 6.07) is 0. The fourth-order valence-corrected chi connectivity index (χ4v) is 5.40. The van der Waals surface area contributed by atoms with E-state index in [9.17, 15) is 4.79 Å². The zero-order valence-corrected chi connectivity index (χ0v) is 30.7. The minimum Gasteiger partial charge on any atom is -0.381 e. The lowest BCUT2D eigenvalue weighted by molar-refractivity contribution is -0.119. The number of rotatable bonds is 12. The molecule has 0 aromatic carbocycles. The predicted molar refractivity (Wildman–Crippen MR) is 192 cm³/mol. The van der Waals surface area contributed by atoms with Crippen LogP contribution in [0.3, 0.4) is 0 Å². The van der Waals surface area contributed by atoms with Crippen LogP contribution in [0.5, 0.6) is 0 Å². The Hall–Kier alpha value is -1.03.